The molecule has 0 radical (unpaired) electrons. The smallest absolute Gasteiger partial charge is 0.410 e. The number of hydrogen-bond acceptors (Lipinski definition) is 7. The zero-order chi connectivity index (χ0) is 24.8. The van der Waals surface area contributed by atoms with Gasteiger partial charge in [-0.1, -0.05) is 24.2 Å². The number of likely N-dealkylation sites (tertiary alicyclic amines) is 1. The van der Waals surface area contributed by atoms with Gasteiger partial charge in [0, 0.05) is 19.2 Å². The number of methoxy groups -OCH3 is 2. The lowest BCUT2D eigenvalue weighted by Gasteiger charge is -2.35. The van der Waals surface area contributed by atoms with Crippen molar-refractivity contribution in [3.63, 3.8) is 0 Å². The highest BCUT2D eigenvalue weighted by Crippen LogP contribution is 2.28. The Morgan fingerprint density at radius 1 is 1.24 bits per heavy atom. The molecule has 4 atom stereocenters. The monoisotopic (exact) mass is 463 g/mol. The lowest BCUT2D eigenvalue weighted by molar-refractivity contribution is -0.131. The minimum atomic E-state index is -0.606. The normalized spacial score (nSPS) is 19.5. The van der Waals surface area contributed by atoms with Gasteiger partial charge in [0.05, 0.1) is 31.2 Å². The summed E-state index contributed by atoms with van der Waals surface area (Å²) in [5.74, 6) is -0.214. The van der Waals surface area contributed by atoms with Crippen LogP contribution < -0.4 is 10.1 Å². The third-order valence-electron chi connectivity index (χ3n) is 5.73. The maximum Gasteiger partial charge on any atom is 0.410 e. The fourth-order valence-corrected chi connectivity index (χ4v) is 4.11. The van der Waals surface area contributed by atoms with E-state index in [-0.39, 0.29) is 11.9 Å². The molecule has 1 fully saturated rings. The molecule has 0 aromatic heterocycles. The van der Waals surface area contributed by atoms with Crippen LogP contribution in [0.5, 0.6) is 5.75 Å². The molecule has 1 saturated heterocycles. The van der Waals surface area contributed by atoms with Gasteiger partial charge >= 0.3 is 6.09 Å². The number of rotatable bonds is 8. The van der Waals surface area contributed by atoms with Crippen molar-refractivity contribution in [3.05, 3.63) is 29.8 Å². The van der Waals surface area contributed by atoms with Crippen molar-refractivity contribution in [3.8, 4) is 5.75 Å². The minimum Gasteiger partial charge on any atom is -0.497 e. The van der Waals surface area contributed by atoms with Gasteiger partial charge in [0.2, 0.25) is 5.91 Å². The quantitative estimate of drug-likeness (QED) is 0.347. The predicted octanol–water partition coefficient (Wildman–Crippen LogP) is 3.43. The first kappa shape index (κ1) is 26.4. The van der Waals surface area contributed by atoms with Crippen LogP contribution in [0, 0.1) is 5.92 Å². The van der Waals surface area contributed by atoms with E-state index >= 15 is 0 Å². The summed E-state index contributed by atoms with van der Waals surface area (Å²) < 4.78 is 16.5. The number of ether oxygens (including phenoxy) is 3. The summed E-state index contributed by atoms with van der Waals surface area (Å²) in [6.07, 6.45) is 0.614. The second kappa shape index (κ2) is 11.4. The molecule has 184 valence electrons. The highest BCUT2D eigenvalue weighted by Gasteiger charge is 2.41. The van der Waals surface area contributed by atoms with Gasteiger partial charge in [-0.3, -0.25) is 4.79 Å². The van der Waals surface area contributed by atoms with E-state index in [1.54, 1.807) is 57.2 Å². The fraction of sp³-hybridized carbons (Fsp3) is 0.625. The maximum atomic E-state index is 13.1. The molecule has 9 nitrogen and oxygen atoms in total. The number of carbonyl (C=O) groups excluding carboxylic acids is 2. The van der Waals surface area contributed by atoms with E-state index in [0.717, 1.165) is 12.8 Å². The SMILES string of the molecule is COc1cccc(/C(=N\O)C(C)NC(=O)C(C)C(OC)C2CCCN2C(=O)OC(C)(C)C)c1. The van der Waals surface area contributed by atoms with Crippen molar-refractivity contribution < 1.29 is 29.0 Å². The summed E-state index contributed by atoms with van der Waals surface area (Å²) in [5, 5.41) is 15.9. The molecule has 0 saturated carbocycles. The van der Waals surface area contributed by atoms with Crippen molar-refractivity contribution >= 4 is 17.7 Å². The Morgan fingerprint density at radius 2 is 1.94 bits per heavy atom. The second-order valence-electron chi connectivity index (χ2n) is 9.32. The molecule has 0 bridgehead atoms. The molecule has 1 aromatic rings. The molecular formula is C24H37N3O6. The molecule has 0 aliphatic carbocycles. The molecule has 0 spiro atoms. The Kier molecular flexibility index (Phi) is 9.10. The topological polar surface area (TPSA) is 110 Å². The zero-order valence-electron chi connectivity index (χ0n) is 20.6. The second-order valence-corrected chi connectivity index (χ2v) is 9.32. The number of nitrogens with one attached hydrogen (secondary N) is 1. The molecule has 1 aromatic carbocycles. The molecule has 2 amide bonds. The first-order chi connectivity index (χ1) is 15.5. The fourth-order valence-electron chi connectivity index (χ4n) is 4.11. The number of hydrogen-bond donors (Lipinski definition) is 2. The van der Waals surface area contributed by atoms with Gasteiger partial charge in [0.15, 0.2) is 0 Å². The average molecular weight is 464 g/mol. The molecule has 1 aliphatic rings. The van der Waals surface area contributed by atoms with Gasteiger partial charge in [-0.25, -0.2) is 4.79 Å². The average Bonchev–Trinajstić information content (AvgIpc) is 3.23. The highest BCUT2D eigenvalue weighted by atomic mass is 16.6. The van der Waals surface area contributed by atoms with Crippen LogP contribution in [0.1, 0.15) is 53.0 Å². The maximum absolute atomic E-state index is 13.1. The van der Waals surface area contributed by atoms with Crippen molar-refractivity contribution in [2.45, 2.75) is 71.2 Å². The number of oxime groups is 1. The standard InChI is InChI=1S/C24H37N3O6/c1-15(21(32-7)19-12-9-13-27(19)23(29)33-24(3,4)5)22(28)25-16(2)20(26-30)17-10-8-11-18(14-17)31-6/h8,10-11,14-16,19,21,30H,9,12-13H2,1-7H3,(H,25,28)/b26-20-. The van der Waals surface area contributed by atoms with Gasteiger partial charge in [-0.15, -0.1) is 0 Å². The Balaban J connectivity index is 2.11. The lowest BCUT2D eigenvalue weighted by atomic mass is 9.94. The van der Waals surface area contributed by atoms with Gasteiger partial charge in [0.1, 0.15) is 17.1 Å². The van der Waals surface area contributed by atoms with Crippen LogP contribution in [0.15, 0.2) is 29.4 Å². The van der Waals surface area contributed by atoms with E-state index in [1.165, 1.54) is 0 Å². The Morgan fingerprint density at radius 3 is 2.52 bits per heavy atom. The van der Waals surface area contributed by atoms with Crippen LogP contribution in [0.4, 0.5) is 4.79 Å². The lowest BCUT2D eigenvalue weighted by Crippen LogP contribution is -2.52. The molecule has 2 N–H and O–H groups in total. The summed E-state index contributed by atoms with van der Waals surface area (Å²) in [6, 6.07) is 6.23. The Labute approximate surface area is 196 Å². The molecule has 9 heteroatoms. The van der Waals surface area contributed by atoms with Crippen molar-refractivity contribution in [1.29, 1.82) is 0 Å². The van der Waals surface area contributed by atoms with Crippen LogP contribution in [0.2, 0.25) is 0 Å². The minimum absolute atomic E-state index is 0.269. The zero-order valence-corrected chi connectivity index (χ0v) is 20.6. The van der Waals surface area contributed by atoms with Crippen LogP contribution in [0.25, 0.3) is 0 Å². The number of amides is 2. The van der Waals surface area contributed by atoms with E-state index < -0.39 is 29.8 Å². The van der Waals surface area contributed by atoms with E-state index in [1.807, 2.05) is 20.8 Å². The molecule has 1 aliphatic heterocycles. The van der Waals surface area contributed by atoms with Crippen LogP contribution >= 0.6 is 0 Å². The summed E-state index contributed by atoms with van der Waals surface area (Å²) in [6.45, 7) is 9.53. The Bertz CT molecular complexity index is 851. The van der Waals surface area contributed by atoms with Gasteiger partial charge in [-0.2, -0.15) is 0 Å². The summed E-state index contributed by atoms with van der Waals surface area (Å²) in [5.41, 5.74) is 0.331. The van der Waals surface area contributed by atoms with E-state index in [0.29, 0.717) is 23.6 Å². The van der Waals surface area contributed by atoms with Gasteiger partial charge < -0.3 is 29.6 Å². The number of benzene rings is 1. The van der Waals surface area contributed by atoms with Gasteiger partial charge in [-0.05, 0) is 52.7 Å². The third-order valence-corrected chi connectivity index (χ3v) is 5.73. The van der Waals surface area contributed by atoms with Crippen LogP contribution in [-0.2, 0) is 14.3 Å². The Hall–Kier alpha value is -2.81. The van der Waals surface area contributed by atoms with Crippen molar-refractivity contribution in [2.75, 3.05) is 20.8 Å². The van der Waals surface area contributed by atoms with Crippen molar-refractivity contribution in [2.24, 2.45) is 11.1 Å². The van der Waals surface area contributed by atoms with E-state index in [2.05, 4.69) is 10.5 Å². The van der Waals surface area contributed by atoms with Crippen LogP contribution in [-0.4, -0.2) is 72.4 Å². The first-order valence-corrected chi connectivity index (χ1v) is 11.2. The summed E-state index contributed by atoms with van der Waals surface area (Å²) in [7, 11) is 3.09. The van der Waals surface area contributed by atoms with E-state index in [9.17, 15) is 14.8 Å². The molecule has 2 rings (SSSR count). The molecule has 4 unspecified atom stereocenters. The largest absolute Gasteiger partial charge is 0.497 e. The van der Waals surface area contributed by atoms with Crippen molar-refractivity contribution in [1.82, 2.24) is 10.2 Å². The van der Waals surface area contributed by atoms with Gasteiger partial charge in [0.25, 0.3) is 0 Å². The summed E-state index contributed by atoms with van der Waals surface area (Å²) >= 11 is 0. The molecular weight excluding hydrogens is 426 g/mol. The van der Waals surface area contributed by atoms with E-state index in [4.69, 9.17) is 14.2 Å². The number of carbonyl (C=O) groups is 2. The molecule has 1 heterocycles. The molecule has 33 heavy (non-hydrogen) atoms. The first-order valence-electron chi connectivity index (χ1n) is 11.2. The number of nitrogens with zero attached hydrogens (tertiary/aromatic N) is 2. The summed E-state index contributed by atoms with van der Waals surface area (Å²) in [4.78, 5) is 27.5. The third kappa shape index (κ3) is 6.83. The predicted molar refractivity (Wildman–Crippen MR) is 125 cm³/mol. The van der Waals surface area contributed by atoms with Crippen LogP contribution in [0.3, 0.4) is 0 Å². The highest BCUT2D eigenvalue weighted by molar-refractivity contribution is 6.05.